The van der Waals surface area contributed by atoms with Gasteiger partial charge in [0.05, 0.1) is 12.7 Å². The minimum atomic E-state index is -4.31. The maximum absolute atomic E-state index is 15.2. The van der Waals surface area contributed by atoms with E-state index in [9.17, 15) is 23.4 Å². The molecule has 1 atom stereocenters. The minimum absolute atomic E-state index is 0.0181. The Balaban J connectivity index is 1.68. The maximum atomic E-state index is 15.2. The number of phenols is 2. The summed E-state index contributed by atoms with van der Waals surface area (Å²) in [7, 11) is -4.31. The maximum Gasteiger partial charge on any atom is 0.326 e. The molecule has 2 heterocycles. The third kappa shape index (κ3) is 3.62. The predicted molar refractivity (Wildman–Crippen MR) is 101 cm³/mol. The van der Waals surface area contributed by atoms with Gasteiger partial charge in [-0.15, -0.1) is 0 Å². The van der Waals surface area contributed by atoms with Gasteiger partial charge in [0, 0.05) is 18.4 Å². The Bertz CT molecular complexity index is 1080. The van der Waals surface area contributed by atoms with Crippen LogP contribution in [0, 0.1) is 5.82 Å². The summed E-state index contributed by atoms with van der Waals surface area (Å²) in [5.41, 5.74) is -0.646. The number of nitrogens with one attached hydrogen (secondary N) is 1. The molecule has 2 aromatic rings. The van der Waals surface area contributed by atoms with Crippen LogP contribution in [0.2, 0.25) is 0 Å². The first-order valence-corrected chi connectivity index (χ1v) is 10.5. The molecule has 2 fully saturated rings. The summed E-state index contributed by atoms with van der Waals surface area (Å²) in [5.74, 6) is -2.80. The molecule has 0 aliphatic carbocycles. The molecule has 0 radical (unpaired) electrons. The van der Waals surface area contributed by atoms with E-state index < -0.39 is 39.9 Å². The number of phenolic OH excluding ortho intramolecular Hbond substituents is 2. The van der Waals surface area contributed by atoms with Gasteiger partial charge in [-0.1, -0.05) is 0 Å². The van der Waals surface area contributed by atoms with Crippen molar-refractivity contribution in [3.8, 4) is 17.2 Å². The minimum Gasteiger partial charge on any atom is -0.506 e. The number of aromatic hydroxyl groups is 2. The molecule has 0 spiro atoms. The average Bonchev–Trinajstić information content (AvgIpc) is 3.23. The average molecular weight is 426 g/mol. The zero-order valence-electron chi connectivity index (χ0n) is 15.2. The van der Waals surface area contributed by atoms with Crippen LogP contribution in [0.1, 0.15) is 19.3 Å². The van der Waals surface area contributed by atoms with E-state index >= 15 is 4.39 Å². The number of carbonyl (C=O) groups is 1. The van der Waals surface area contributed by atoms with Gasteiger partial charge in [-0.3, -0.25) is 4.79 Å². The highest BCUT2D eigenvalue weighted by Crippen LogP contribution is 2.41. The molecule has 9 nitrogen and oxygen atoms in total. The zero-order valence-corrected chi connectivity index (χ0v) is 16.0. The fourth-order valence-corrected chi connectivity index (χ4v) is 4.68. The van der Waals surface area contributed by atoms with Crippen molar-refractivity contribution in [3.63, 3.8) is 0 Å². The normalized spacial score (nSPS) is 20.9. The third-order valence-electron chi connectivity index (χ3n) is 4.90. The van der Waals surface area contributed by atoms with E-state index in [1.54, 1.807) is 4.72 Å². The summed E-state index contributed by atoms with van der Waals surface area (Å²) >= 11 is 0. The van der Waals surface area contributed by atoms with E-state index in [0.29, 0.717) is 17.3 Å². The molecule has 156 valence electrons. The van der Waals surface area contributed by atoms with Gasteiger partial charge < -0.3 is 19.7 Å². The fourth-order valence-electron chi connectivity index (χ4n) is 3.52. The largest absolute Gasteiger partial charge is 0.506 e. The molecule has 1 unspecified atom stereocenters. The second kappa shape index (κ2) is 7.23. The van der Waals surface area contributed by atoms with Crippen LogP contribution in [0.15, 0.2) is 18.2 Å². The number of hydrogen-bond acceptors (Lipinski definition) is 7. The van der Waals surface area contributed by atoms with Crippen molar-refractivity contribution >= 4 is 32.6 Å². The Hall–Kier alpha value is -2.79. The lowest BCUT2D eigenvalue weighted by molar-refractivity contribution is -0.117. The first-order valence-electron chi connectivity index (χ1n) is 9.02. The van der Waals surface area contributed by atoms with Gasteiger partial charge in [0.2, 0.25) is 0 Å². The number of nitrogens with zero attached hydrogens (tertiary/aromatic N) is 1. The van der Waals surface area contributed by atoms with E-state index in [2.05, 4.69) is 0 Å². The summed E-state index contributed by atoms with van der Waals surface area (Å²) in [5, 5.41) is 20.4. The Morgan fingerprint density at radius 1 is 1.28 bits per heavy atom. The number of benzene rings is 2. The second-order valence-corrected chi connectivity index (χ2v) is 8.50. The summed E-state index contributed by atoms with van der Waals surface area (Å²) in [6, 6.07) is 3.56. The highest BCUT2D eigenvalue weighted by molar-refractivity contribution is 7.92. The van der Waals surface area contributed by atoms with E-state index in [4.69, 9.17) is 9.47 Å². The van der Waals surface area contributed by atoms with Crippen LogP contribution < -0.4 is 13.8 Å². The van der Waals surface area contributed by atoms with Crippen LogP contribution in [-0.4, -0.2) is 50.4 Å². The van der Waals surface area contributed by atoms with Crippen LogP contribution in [0.3, 0.4) is 0 Å². The third-order valence-corrected chi connectivity index (χ3v) is 6.28. The van der Waals surface area contributed by atoms with Crippen molar-refractivity contribution < 1.29 is 37.3 Å². The Kier molecular flexibility index (Phi) is 4.87. The fraction of sp³-hybridized carbons (Fsp3) is 0.389. The van der Waals surface area contributed by atoms with E-state index in [1.807, 2.05) is 0 Å². The SMILES string of the molecule is O=C1CN(c2c(O)cc3cc(O)c(OCCC4CCCO4)cc3c2F)S(=O)(=O)N1. The van der Waals surface area contributed by atoms with Crippen molar-refractivity contribution in [2.75, 3.05) is 24.1 Å². The molecule has 2 saturated heterocycles. The Morgan fingerprint density at radius 2 is 2.03 bits per heavy atom. The molecule has 29 heavy (non-hydrogen) atoms. The van der Waals surface area contributed by atoms with Crippen molar-refractivity contribution in [1.82, 2.24) is 4.72 Å². The number of anilines is 1. The van der Waals surface area contributed by atoms with Gasteiger partial charge in [0.1, 0.15) is 18.0 Å². The van der Waals surface area contributed by atoms with E-state index in [1.165, 1.54) is 12.1 Å². The lowest BCUT2D eigenvalue weighted by Crippen LogP contribution is -2.30. The summed E-state index contributed by atoms with van der Waals surface area (Å²) in [4.78, 5) is 11.5. The number of halogens is 1. The van der Waals surface area contributed by atoms with Crippen LogP contribution >= 0.6 is 0 Å². The molecule has 0 saturated carbocycles. The first kappa shape index (κ1) is 19.5. The summed E-state index contributed by atoms with van der Waals surface area (Å²) in [6.07, 6.45) is 2.62. The summed E-state index contributed by atoms with van der Waals surface area (Å²) in [6.45, 7) is 0.302. The number of fused-ring (bicyclic) bond motifs is 1. The molecule has 0 aromatic heterocycles. The van der Waals surface area contributed by atoms with Crippen LogP contribution in [0.25, 0.3) is 10.8 Å². The van der Waals surface area contributed by atoms with E-state index in [0.717, 1.165) is 18.9 Å². The van der Waals surface area contributed by atoms with Gasteiger partial charge in [-0.2, -0.15) is 8.42 Å². The number of ether oxygens (including phenoxy) is 2. The highest BCUT2D eigenvalue weighted by Gasteiger charge is 2.38. The van der Waals surface area contributed by atoms with Crippen LogP contribution in [-0.2, 0) is 19.7 Å². The molecular formula is C18H19FN2O7S. The van der Waals surface area contributed by atoms with E-state index in [-0.39, 0.29) is 35.0 Å². The lowest BCUT2D eigenvalue weighted by Gasteiger charge is -2.19. The van der Waals surface area contributed by atoms with Crippen molar-refractivity contribution in [3.05, 3.63) is 24.0 Å². The van der Waals surface area contributed by atoms with Gasteiger partial charge >= 0.3 is 10.2 Å². The topological polar surface area (TPSA) is 125 Å². The molecule has 4 rings (SSSR count). The number of hydrogen-bond donors (Lipinski definition) is 3. The summed E-state index contributed by atoms with van der Waals surface area (Å²) < 4.78 is 52.5. The molecule has 11 heteroatoms. The molecule has 2 aromatic carbocycles. The Morgan fingerprint density at radius 3 is 2.69 bits per heavy atom. The molecular weight excluding hydrogens is 407 g/mol. The van der Waals surface area contributed by atoms with Crippen molar-refractivity contribution in [2.45, 2.75) is 25.4 Å². The van der Waals surface area contributed by atoms with Crippen LogP contribution in [0.4, 0.5) is 10.1 Å². The quantitative estimate of drug-likeness (QED) is 0.662. The highest BCUT2D eigenvalue weighted by atomic mass is 32.2. The standard InChI is InChI=1S/C18H19FN2O7S/c19-17-12-8-15(28-5-3-11-2-1-4-27-11)13(22)6-10(12)7-14(23)18(17)21-9-16(24)20-29(21,25)26/h6-8,11,22-23H,1-5,9H2,(H,20,24). The zero-order chi connectivity index (χ0) is 20.8. The first-order chi connectivity index (χ1) is 13.8. The van der Waals surface area contributed by atoms with Gasteiger partial charge in [-0.05, 0) is 36.4 Å². The Labute approximate surface area is 165 Å². The monoisotopic (exact) mass is 426 g/mol. The molecule has 1 amide bonds. The molecule has 3 N–H and O–H groups in total. The van der Waals surface area contributed by atoms with Crippen LogP contribution in [0.5, 0.6) is 17.2 Å². The molecule has 2 aliphatic heterocycles. The van der Waals surface area contributed by atoms with Crippen molar-refractivity contribution in [2.24, 2.45) is 0 Å². The lowest BCUT2D eigenvalue weighted by atomic mass is 10.1. The molecule has 0 bridgehead atoms. The van der Waals surface area contributed by atoms with Gasteiger partial charge in [0.15, 0.2) is 17.3 Å². The molecule has 2 aliphatic rings. The number of carbonyl (C=O) groups excluding carboxylic acids is 1. The van der Waals surface area contributed by atoms with Gasteiger partial charge in [-0.25, -0.2) is 13.4 Å². The van der Waals surface area contributed by atoms with Gasteiger partial charge in [0.25, 0.3) is 5.91 Å². The smallest absolute Gasteiger partial charge is 0.326 e. The van der Waals surface area contributed by atoms with Crippen molar-refractivity contribution in [1.29, 1.82) is 0 Å². The predicted octanol–water partition coefficient (Wildman–Crippen LogP) is 1.52. The number of amides is 1. The number of rotatable bonds is 5. The second-order valence-electron chi connectivity index (χ2n) is 6.91.